The smallest absolute Gasteiger partial charge is 0.375 e. The van der Waals surface area contributed by atoms with E-state index in [-0.39, 0.29) is 18.3 Å². The van der Waals surface area contributed by atoms with E-state index < -0.39 is 0 Å². The maximum Gasteiger partial charge on any atom is 0.375 e. The van der Waals surface area contributed by atoms with Crippen LogP contribution in [0.15, 0.2) is 40.9 Å². The third-order valence-electron chi connectivity index (χ3n) is 3.97. The first kappa shape index (κ1) is 15.4. The van der Waals surface area contributed by atoms with E-state index in [1.54, 1.807) is 13.2 Å². The lowest BCUT2D eigenvalue weighted by Gasteiger charge is -2.03. The number of furan rings is 1. The third-order valence-corrected chi connectivity index (χ3v) is 3.97. The molecule has 0 fully saturated rings. The monoisotopic (exact) mass is 330 g/mol. The summed E-state index contributed by atoms with van der Waals surface area (Å²) in [7, 11) is 1.61. The van der Waals surface area contributed by atoms with Gasteiger partial charge in [0.15, 0.2) is 0 Å². The molecular formula is C17H15ClN2O3. The number of ether oxygens (including phenoxy) is 1. The molecule has 0 saturated heterocycles. The lowest BCUT2D eigenvalue weighted by atomic mass is 10.1. The molecule has 1 amide bonds. The summed E-state index contributed by atoms with van der Waals surface area (Å²) in [6, 6.07) is 9.59. The quantitative estimate of drug-likeness (QED) is 0.621. The van der Waals surface area contributed by atoms with Crippen molar-refractivity contribution in [2.24, 2.45) is 0 Å². The minimum atomic E-state index is -0.220. The van der Waals surface area contributed by atoms with Crippen LogP contribution in [-0.2, 0) is 6.54 Å². The van der Waals surface area contributed by atoms with Gasteiger partial charge in [-0.2, -0.15) is 0 Å². The van der Waals surface area contributed by atoms with Crippen molar-refractivity contribution >= 4 is 22.7 Å². The molecule has 1 aliphatic heterocycles. The number of nitrogens with zero attached hydrogens (tertiary/aromatic N) is 1. The van der Waals surface area contributed by atoms with Gasteiger partial charge in [0.05, 0.1) is 18.9 Å². The van der Waals surface area contributed by atoms with Gasteiger partial charge in [-0.15, -0.1) is 0 Å². The standard InChI is InChI=1S/C17H14N2O3.ClH/c1-10-5-6-19-9-13-12-4-3-11(21-2)8-14(12)22-16(13)17(20)18-15(19)7-10;/h3-8H,9H2,1-2H3;1H. The van der Waals surface area contributed by atoms with Crippen molar-refractivity contribution in [2.75, 3.05) is 12.4 Å². The second-order valence-electron chi connectivity index (χ2n) is 5.44. The number of aryl methyl sites for hydroxylation is 1. The highest BCUT2D eigenvalue weighted by Gasteiger charge is 2.30. The Morgan fingerprint density at radius 2 is 2.09 bits per heavy atom. The third kappa shape index (κ3) is 2.43. The summed E-state index contributed by atoms with van der Waals surface area (Å²) in [5.41, 5.74) is 2.65. The van der Waals surface area contributed by atoms with E-state index in [1.165, 1.54) is 0 Å². The van der Waals surface area contributed by atoms with Gasteiger partial charge >= 0.3 is 5.91 Å². The van der Waals surface area contributed by atoms with Crippen molar-refractivity contribution in [1.82, 2.24) is 0 Å². The van der Waals surface area contributed by atoms with Crippen molar-refractivity contribution in [3.63, 3.8) is 0 Å². The number of amides is 1. The molecule has 6 heteroatoms. The van der Waals surface area contributed by atoms with E-state index in [0.717, 1.165) is 22.3 Å². The van der Waals surface area contributed by atoms with E-state index >= 15 is 0 Å². The number of halogens is 1. The highest BCUT2D eigenvalue weighted by Crippen LogP contribution is 2.31. The fourth-order valence-corrected chi connectivity index (χ4v) is 2.82. The van der Waals surface area contributed by atoms with Crippen molar-refractivity contribution < 1.29 is 30.9 Å². The first-order chi connectivity index (χ1) is 10.7. The molecule has 0 saturated carbocycles. The Labute approximate surface area is 139 Å². The molecule has 3 heterocycles. The number of aromatic nitrogens is 1. The molecule has 23 heavy (non-hydrogen) atoms. The van der Waals surface area contributed by atoms with Crippen LogP contribution in [0, 0.1) is 6.92 Å². The second kappa shape index (κ2) is 5.59. The van der Waals surface area contributed by atoms with Crippen LogP contribution in [-0.4, -0.2) is 13.0 Å². The largest absolute Gasteiger partial charge is 1.00 e. The van der Waals surface area contributed by atoms with Crippen LogP contribution in [0.3, 0.4) is 0 Å². The summed E-state index contributed by atoms with van der Waals surface area (Å²) in [4.78, 5) is 12.5. The Kier molecular flexibility index (Phi) is 3.74. The lowest BCUT2D eigenvalue weighted by Crippen LogP contribution is -3.00. The summed E-state index contributed by atoms with van der Waals surface area (Å²) < 4.78 is 13.0. The predicted octanol–water partition coefficient (Wildman–Crippen LogP) is -0.345. The van der Waals surface area contributed by atoms with Crippen molar-refractivity contribution in [1.29, 1.82) is 0 Å². The van der Waals surface area contributed by atoms with Crippen LogP contribution < -0.4 is 27.0 Å². The number of hydrogen-bond acceptors (Lipinski definition) is 3. The highest BCUT2D eigenvalue weighted by molar-refractivity contribution is 6.06. The van der Waals surface area contributed by atoms with Crippen LogP contribution in [0.2, 0.25) is 0 Å². The topological polar surface area (TPSA) is 55.4 Å². The summed E-state index contributed by atoms with van der Waals surface area (Å²) in [5, 5.41) is 3.84. The number of nitrogens with one attached hydrogen (secondary N) is 1. The minimum absolute atomic E-state index is 0. The number of fused-ring (bicyclic) bond motifs is 4. The number of benzene rings is 1. The zero-order valence-electron chi connectivity index (χ0n) is 12.7. The Morgan fingerprint density at radius 3 is 2.87 bits per heavy atom. The van der Waals surface area contributed by atoms with Crippen LogP contribution in [0.25, 0.3) is 11.0 Å². The van der Waals surface area contributed by atoms with Crippen LogP contribution >= 0.6 is 0 Å². The zero-order chi connectivity index (χ0) is 15.3. The first-order valence-corrected chi connectivity index (χ1v) is 7.06. The van der Waals surface area contributed by atoms with Crippen LogP contribution in [0.1, 0.15) is 21.7 Å². The van der Waals surface area contributed by atoms with Crippen molar-refractivity contribution in [2.45, 2.75) is 13.5 Å². The molecule has 1 N–H and O–H groups in total. The summed E-state index contributed by atoms with van der Waals surface area (Å²) in [6.07, 6.45) is 1.97. The van der Waals surface area contributed by atoms with Gasteiger partial charge in [-0.25, -0.2) is 14.7 Å². The average molecular weight is 331 g/mol. The summed E-state index contributed by atoms with van der Waals surface area (Å²) in [5.74, 6) is 1.63. The summed E-state index contributed by atoms with van der Waals surface area (Å²) >= 11 is 0. The van der Waals surface area contributed by atoms with E-state index in [9.17, 15) is 4.79 Å². The number of anilines is 1. The van der Waals surface area contributed by atoms with Crippen molar-refractivity contribution in [3.8, 4) is 5.75 Å². The molecule has 118 valence electrons. The number of pyridine rings is 1. The second-order valence-corrected chi connectivity index (χ2v) is 5.44. The molecule has 4 rings (SSSR count). The Hall–Kier alpha value is -2.53. The predicted molar refractivity (Wildman–Crippen MR) is 81.2 cm³/mol. The first-order valence-electron chi connectivity index (χ1n) is 7.06. The van der Waals surface area contributed by atoms with Gasteiger partial charge < -0.3 is 21.6 Å². The molecule has 3 aromatic rings. The van der Waals surface area contributed by atoms with Crippen LogP contribution in [0.4, 0.5) is 5.82 Å². The summed E-state index contributed by atoms with van der Waals surface area (Å²) in [6.45, 7) is 2.58. The van der Waals surface area contributed by atoms with Gasteiger partial charge in [0.1, 0.15) is 17.9 Å². The maximum absolute atomic E-state index is 12.5. The molecule has 0 atom stereocenters. The molecule has 0 aliphatic carbocycles. The molecule has 1 aromatic carbocycles. The molecule has 0 radical (unpaired) electrons. The molecule has 0 bridgehead atoms. The van der Waals surface area contributed by atoms with Gasteiger partial charge in [0.25, 0.3) is 5.82 Å². The van der Waals surface area contributed by atoms with E-state index in [4.69, 9.17) is 9.15 Å². The number of hydrogen-bond donors (Lipinski definition) is 1. The minimum Gasteiger partial charge on any atom is -1.00 e. The fraction of sp³-hybridized carbons (Fsp3) is 0.176. The average Bonchev–Trinajstić information content (AvgIpc) is 2.81. The molecule has 2 aromatic heterocycles. The SMILES string of the molecule is COc1ccc2c3c(oc2c1)C(=O)Nc1cc(C)cc[n+]1C3.[Cl-]. The number of carbonyl (C=O) groups excluding carboxylic acids is 1. The molecule has 1 aliphatic rings. The van der Waals surface area contributed by atoms with E-state index in [1.807, 2.05) is 42.0 Å². The highest BCUT2D eigenvalue weighted by atomic mass is 35.5. The number of methoxy groups -OCH3 is 1. The van der Waals surface area contributed by atoms with E-state index in [2.05, 4.69) is 5.32 Å². The molecule has 0 spiro atoms. The number of carbonyl (C=O) groups is 1. The molecule has 0 unspecified atom stereocenters. The van der Waals surface area contributed by atoms with Gasteiger partial charge in [0.2, 0.25) is 5.76 Å². The van der Waals surface area contributed by atoms with Gasteiger partial charge in [-0.05, 0) is 30.7 Å². The Morgan fingerprint density at radius 1 is 1.26 bits per heavy atom. The maximum atomic E-state index is 12.5. The zero-order valence-corrected chi connectivity index (χ0v) is 13.5. The van der Waals surface area contributed by atoms with Gasteiger partial charge in [-0.3, -0.25) is 0 Å². The molecule has 5 nitrogen and oxygen atoms in total. The number of rotatable bonds is 1. The fourth-order valence-electron chi connectivity index (χ4n) is 2.82. The normalized spacial score (nSPS) is 12.7. The Balaban J connectivity index is 0.00000156. The Bertz CT molecular complexity index is 918. The van der Waals surface area contributed by atoms with Crippen molar-refractivity contribution in [3.05, 3.63) is 53.4 Å². The van der Waals surface area contributed by atoms with Gasteiger partial charge in [0, 0.05) is 17.5 Å². The lowest BCUT2D eigenvalue weighted by molar-refractivity contribution is -0.673. The molecular weight excluding hydrogens is 316 g/mol. The van der Waals surface area contributed by atoms with Crippen LogP contribution in [0.5, 0.6) is 5.75 Å². The van der Waals surface area contributed by atoms with E-state index in [0.29, 0.717) is 23.6 Å². The van der Waals surface area contributed by atoms with Gasteiger partial charge in [-0.1, -0.05) is 0 Å².